The number of hydrogen-bond donors (Lipinski definition) is 2. The maximum Gasteiger partial charge on any atom is 0.261 e. The van der Waals surface area contributed by atoms with Gasteiger partial charge in [0.1, 0.15) is 0 Å². The van der Waals surface area contributed by atoms with Crippen molar-refractivity contribution in [1.29, 1.82) is 0 Å². The Morgan fingerprint density at radius 3 is 2.16 bits per heavy atom. The average Bonchev–Trinajstić information content (AvgIpc) is 2.66. The molecule has 0 aromatic heterocycles. The molecule has 5 nitrogen and oxygen atoms in total. The highest BCUT2D eigenvalue weighted by atomic mass is 16.3. The molecule has 1 aromatic carbocycles. The molecule has 0 unspecified atom stereocenters. The predicted molar refractivity (Wildman–Crippen MR) is 66.5 cm³/mol. The Labute approximate surface area is 109 Å². The van der Waals surface area contributed by atoms with Crippen molar-refractivity contribution in [3.05, 3.63) is 47.5 Å². The van der Waals surface area contributed by atoms with Crippen molar-refractivity contribution < 1.29 is 19.8 Å². The standard InChI is InChI=1S/C14H13NO4/c16-8-5-6-12(17)11(7-8)15-13(18)9-3-1-2-4-10(9)14(15)19/h1-6,8,11-12,16-17H,7H2/t8-,11-,12-/m1/s1. The Hall–Kier alpha value is -1.98. The summed E-state index contributed by atoms with van der Waals surface area (Å²) in [5.41, 5.74) is 0.701. The van der Waals surface area contributed by atoms with Crippen LogP contribution in [0.15, 0.2) is 36.4 Å². The summed E-state index contributed by atoms with van der Waals surface area (Å²) < 4.78 is 0. The normalized spacial score (nSPS) is 29.8. The van der Waals surface area contributed by atoms with Crippen LogP contribution in [0.25, 0.3) is 0 Å². The molecule has 5 heteroatoms. The van der Waals surface area contributed by atoms with Crippen LogP contribution < -0.4 is 0 Å². The first-order valence-electron chi connectivity index (χ1n) is 6.11. The molecule has 2 N–H and O–H groups in total. The number of carbonyl (C=O) groups is 2. The van der Waals surface area contributed by atoms with Gasteiger partial charge in [-0.25, -0.2) is 0 Å². The van der Waals surface area contributed by atoms with Gasteiger partial charge in [-0.1, -0.05) is 24.3 Å². The SMILES string of the molecule is O=C1c2ccccc2C(=O)N1[C@@H]1C[C@H](O)C=C[C@H]1O. The van der Waals surface area contributed by atoms with E-state index in [1.807, 2.05) is 0 Å². The van der Waals surface area contributed by atoms with Crippen molar-refractivity contribution in [1.82, 2.24) is 4.90 Å². The Morgan fingerprint density at radius 2 is 1.58 bits per heavy atom. The summed E-state index contributed by atoms with van der Waals surface area (Å²) in [6.45, 7) is 0. The lowest BCUT2D eigenvalue weighted by Gasteiger charge is -2.32. The molecule has 98 valence electrons. The van der Waals surface area contributed by atoms with E-state index in [9.17, 15) is 19.8 Å². The Kier molecular flexibility index (Phi) is 2.73. The summed E-state index contributed by atoms with van der Waals surface area (Å²) >= 11 is 0. The van der Waals surface area contributed by atoms with Gasteiger partial charge in [0.05, 0.1) is 29.4 Å². The van der Waals surface area contributed by atoms with E-state index in [1.165, 1.54) is 12.2 Å². The highest BCUT2D eigenvalue weighted by Gasteiger charge is 2.43. The Balaban J connectivity index is 1.98. The number of benzene rings is 1. The van der Waals surface area contributed by atoms with Gasteiger partial charge in [0.2, 0.25) is 0 Å². The molecule has 3 rings (SSSR count). The van der Waals surface area contributed by atoms with Gasteiger partial charge in [-0.3, -0.25) is 14.5 Å². The number of rotatable bonds is 1. The van der Waals surface area contributed by atoms with Crippen LogP contribution in [0.2, 0.25) is 0 Å². The number of nitrogens with zero attached hydrogens (tertiary/aromatic N) is 1. The summed E-state index contributed by atoms with van der Waals surface area (Å²) in [7, 11) is 0. The van der Waals surface area contributed by atoms with Crippen LogP contribution in [0.5, 0.6) is 0 Å². The number of carbonyl (C=O) groups excluding carboxylic acids is 2. The topological polar surface area (TPSA) is 77.8 Å². The molecule has 0 spiro atoms. The monoisotopic (exact) mass is 259 g/mol. The van der Waals surface area contributed by atoms with E-state index in [4.69, 9.17) is 0 Å². The third kappa shape index (κ3) is 1.78. The first kappa shape index (κ1) is 12.1. The molecule has 1 aliphatic heterocycles. The smallest absolute Gasteiger partial charge is 0.261 e. The van der Waals surface area contributed by atoms with E-state index in [1.54, 1.807) is 24.3 Å². The highest BCUT2D eigenvalue weighted by molar-refractivity contribution is 6.21. The molecule has 1 aliphatic carbocycles. The van der Waals surface area contributed by atoms with Gasteiger partial charge in [0, 0.05) is 6.42 Å². The third-order valence-corrected chi connectivity index (χ3v) is 3.56. The Morgan fingerprint density at radius 1 is 1.00 bits per heavy atom. The van der Waals surface area contributed by atoms with Gasteiger partial charge in [0.25, 0.3) is 11.8 Å². The molecule has 2 amide bonds. The molecular formula is C14H13NO4. The molecule has 3 atom stereocenters. The number of amides is 2. The number of aliphatic hydroxyl groups excluding tert-OH is 2. The summed E-state index contributed by atoms with van der Waals surface area (Å²) in [5, 5.41) is 19.5. The third-order valence-electron chi connectivity index (χ3n) is 3.56. The van der Waals surface area contributed by atoms with Crippen LogP contribution in [-0.2, 0) is 0 Å². The molecule has 1 aromatic rings. The summed E-state index contributed by atoms with van der Waals surface area (Å²) in [5.74, 6) is -0.820. The van der Waals surface area contributed by atoms with Gasteiger partial charge in [0.15, 0.2) is 0 Å². The van der Waals surface area contributed by atoms with Crippen LogP contribution >= 0.6 is 0 Å². The van der Waals surface area contributed by atoms with E-state index >= 15 is 0 Å². The average molecular weight is 259 g/mol. The van der Waals surface area contributed by atoms with Crippen LogP contribution in [0.3, 0.4) is 0 Å². The van der Waals surface area contributed by atoms with Crippen molar-refractivity contribution in [3.8, 4) is 0 Å². The van der Waals surface area contributed by atoms with Crippen molar-refractivity contribution in [3.63, 3.8) is 0 Å². The van der Waals surface area contributed by atoms with Gasteiger partial charge in [-0.05, 0) is 12.1 Å². The molecule has 19 heavy (non-hydrogen) atoms. The minimum absolute atomic E-state index is 0.156. The summed E-state index contributed by atoms with van der Waals surface area (Å²) in [6, 6.07) is 5.86. The lowest BCUT2D eigenvalue weighted by Crippen LogP contribution is -2.49. The zero-order valence-corrected chi connectivity index (χ0v) is 10.1. The molecule has 0 radical (unpaired) electrons. The first-order valence-corrected chi connectivity index (χ1v) is 6.11. The van der Waals surface area contributed by atoms with E-state index < -0.39 is 30.1 Å². The van der Waals surface area contributed by atoms with E-state index in [0.29, 0.717) is 11.1 Å². The van der Waals surface area contributed by atoms with Gasteiger partial charge in [-0.15, -0.1) is 0 Å². The van der Waals surface area contributed by atoms with Gasteiger partial charge in [-0.2, -0.15) is 0 Å². The minimum Gasteiger partial charge on any atom is -0.389 e. The fraction of sp³-hybridized carbons (Fsp3) is 0.286. The number of fused-ring (bicyclic) bond motifs is 1. The second kappa shape index (κ2) is 4.29. The van der Waals surface area contributed by atoms with Crippen LogP contribution in [0.1, 0.15) is 27.1 Å². The number of imide groups is 1. The zero-order valence-electron chi connectivity index (χ0n) is 10.1. The molecule has 1 heterocycles. The van der Waals surface area contributed by atoms with Crippen molar-refractivity contribution in [2.24, 2.45) is 0 Å². The molecule has 0 bridgehead atoms. The fourth-order valence-electron chi connectivity index (χ4n) is 2.60. The summed E-state index contributed by atoms with van der Waals surface area (Å²) in [4.78, 5) is 25.6. The maximum atomic E-state index is 12.2. The Bertz CT molecular complexity index is 546. The fourth-order valence-corrected chi connectivity index (χ4v) is 2.60. The van der Waals surface area contributed by atoms with E-state index in [0.717, 1.165) is 4.90 Å². The van der Waals surface area contributed by atoms with Gasteiger partial charge < -0.3 is 10.2 Å². The van der Waals surface area contributed by atoms with Crippen molar-refractivity contribution in [2.45, 2.75) is 24.7 Å². The van der Waals surface area contributed by atoms with Crippen molar-refractivity contribution >= 4 is 11.8 Å². The second-order valence-electron chi connectivity index (χ2n) is 4.77. The summed E-state index contributed by atoms with van der Waals surface area (Å²) in [6.07, 6.45) is 1.36. The largest absolute Gasteiger partial charge is 0.389 e. The van der Waals surface area contributed by atoms with E-state index in [-0.39, 0.29) is 6.42 Å². The molecule has 2 aliphatic rings. The zero-order chi connectivity index (χ0) is 13.6. The van der Waals surface area contributed by atoms with Crippen LogP contribution in [-0.4, -0.2) is 45.2 Å². The quantitative estimate of drug-likeness (QED) is 0.563. The maximum absolute atomic E-state index is 12.2. The number of hydrogen-bond acceptors (Lipinski definition) is 4. The highest BCUT2D eigenvalue weighted by Crippen LogP contribution is 2.29. The molecule has 0 saturated carbocycles. The molecule has 0 saturated heterocycles. The van der Waals surface area contributed by atoms with Gasteiger partial charge >= 0.3 is 0 Å². The molecular weight excluding hydrogens is 246 g/mol. The van der Waals surface area contributed by atoms with Crippen LogP contribution in [0, 0.1) is 0 Å². The predicted octanol–water partition coefficient (Wildman–Crippen LogP) is 0.333. The lowest BCUT2D eigenvalue weighted by molar-refractivity contribution is 0.0299. The van der Waals surface area contributed by atoms with Crippen molar-refractivity contribution in [2.75, 3.05) is 0 Å². The number of aliphatic hydroxyl groups is 2. The minimum atomic E-state index is -0.939. The lowest BCUT2D eigenvalue weighted by atomic mass is 9.95. The van der Waals surface area contributed by atoms with Crippen LogP contribution in [0.4, 0.5) is 0 Å². The molecule has 0 fully saturated rings. The van der Waals surface area contributed by atoms with E-state index in [2.05, 4.69) is 0 Å². The second-order valence-corrected chi connectivity index (χ2v) is 4.77. The first-order chi connectivity index (χ1) is 9.09.